The van der Waals surface area contributed by atoms with Gasteiger partial charge in [0.25, 0.3) is 10.0 Å². The van der Waals surface area contributed by atoms with E-state index in [1.54, 1.807) is 24.3 Å². The van der Waals surface area contributed by atoms with Gasteiger partial charge >= 0.3 is 5.97 Å². The van der Waals surface area contributed by atoms with E-state index in [0.29, 0.717) is 22.7 Å². The summed E-state index contributed by atoms with van der Waals surface area (Å²) in [5.74, 6) is -2.90. The smallest absolute Gasteiger partial charge is 0.344 e. The van der Waals surface area contributed by atoms with Gasteiger partial charge in [0.2, 0.25) is 0 Å². The van der Waals surface area contributed by atoms with Crippen molar-refractivity contribution in [1.82, 2.24) is 0 Å². The van der Waals surface area contributed by atoms with Crippen molar-refractivity contribution in [2.45, 2.75) is 44.6 Å². The van der Waals surface area contributed by atoms with E-state index >= 15 is 0 Å². The summed E-state index contributed by atoms with van der Waals surface area (Å²) in [5.41, 5.74) is 2.84. The van der Waals surface area contributed by atoms with Gasteiger partial charge in [-0.05, 0) is 67.3 Å². The Morgan fingerprint density at radius 3 is 2.39 bits per heavy atom. The van der Waals surface area contributed by atoms with Crippen LogP contribution < -0.4 is 9.04 Å². The SMILES string of the molecule is CCCCN(c1cccc(-c2ccc(Cl)cc2)c1C)S(=O)(=O)c1ccc(OC(C)C(=O)O)c(F)c1Cl. The van der Waals surface area contributed by atoms with E-state index in [-0.39, 0.29) is 6.54 Å². The van der Waals surface area contributed by atoms with Crippen LogP contribution in [0.2, 0.25) is 10.0 Å². The summed E-state index contributed by atoms with van der Waals surface area (Å²) in [4.78, 5) is 10.6. The Balaban J connectivity index is 2.11. The van der Waals surface area contributed by atoms with E-state index in [0.717, 1.165) is 29.7 Å². The third-order valence-electron chi connectivity index (χ3n) is 5.67. The number of carboxylic acids is 1. The molecule has 3 aromatic rings. The van der Waals surface area contributed by atoms with E-state index in [1.807, 2.05) is 32.0 Å². The number of unbranched alkanes of at least 4 members (excludes halogenated alkanes) is 1. The number of aliphatic carboxylic acids is 1. The van der Waals surface area contributed by atoms with Crippen molar-refractivity contribution in [2.24, 2.45) is 0 Å². The number of benzene rings is 3. The largest absolute Gasteiger partial charge is 0.479 e. The van der Waals surface area contributed by atoms with E-state index in [4.69, 9.17) is 33.0 Å². The second-order valence-corrected chi connectivity index (χ2v) is 10.8. The van der Waals surface area contributed by atoms with Crippen LogP contribution in [-0.4, -0.2) is 32.1 Å². The second kappa shape index (κ2) is 11.5. The zero-order valence-corrected chi connectivity index (χ0v) is 22.3. The van der Waals surface area contributed by atoms with Crippen molar-refractivity contribution in [3.8, 4) is 16.9 Å². The van der Waals surface area contributed by atoms with Crippen molar-refractivity contribution >= 4 is 44.9 Å². The van der Waals surface area contributed by atoms with Gasteiger partial charge in [0.05, 0.1) is 5.69 Å². The number of nitrogens with zero attached hydrogens (tertiary/aromatic N) is 1. The van der Waals surface area contributed by atoms with Gasteiger partial charge in [-0.25, -0.2) is 17.6 Å². The number of anilines is 1. The Labute approximate surface area is 220 Å². The van der Waals surface area contributed by atoms with Gasteiger partial charge < -0.3 is 9.84 Å². The van der Waals surface area contributed by atoms with Gasteiger partial charge in [0, 0.05) is 11.6 Å². The molecule has 10 heteroatoms. The molecule has 192 valence electrons. The number of carboxylic acid groups (broad SMARTS) is 1. The van der Waals surface area contributed by atoms with Crippen molar-refractivity contribution in [2.75, 3.05) is 10.8 Å². The van der Waals surface area contributed by atoms with Crippen molar-refractivity contribution in [3.63, 3.8) is 0 Å². The van der Waals surface area contributed by atoms with E-state index in [2.05, 4.69) is 0 Å². The van der Waals surface area contributed by atoms with Crippen LogP contribution in [0.15, 0.2) is 59.5 Å². The Bertz CT molecular complexity index is 1360. The first-order chi connectivity index (χ1) is 17.0. The molecule has 0 spiro atoms. The number of halogens is 3. The lowest BCUT2D eigenvalue weighted by Crippen LogP contribution is -2.33. The Morgan fingerprint density at radius 1 is 1.11 bits per heavy atom. The number of carbonyl (C=O) groups is 1. The molecule has 1 N–H and O–H groups in total. The number of rotatable bonds is 10. The maximum absolute atomic E-state index is 15.0. The van der Waals surface area contributed by atoms with Crippen LogP contribution in [0.3, 0.4) is 0 Å². The van der Waals surface area contributed by atoms with Crippen LogP contribution in [0.1, 0.15) is 32.3 Å². The van der Waals surface area contributed by atoms with Crippen molar-refractivity contribution < 1.29 is 27.4 Å². The topological polar surface area (TPSA) is 83.9 Å². The molecule has 0 heterocycles. The molecule has 3 aromatic carbocycles. The monoisotopic (exact) mass is 553 g/mol. The van der Waals surface area contributed by atoms with Crippen LogP contribution >= 0.6 is 23.2 Å². The first kappa shape index (κ1) is 27.8. The molecule has 0 bridgehead atoms. The zero-order chi connectivity index (χ0) is 26.6. The minimum Gasteiger partial charge on any atom is -0.479 e. The summed E-state index contributed by atoms with van der Waals surface area (Å²) in [6.45, 7) is 5.13. The maximum Gasteiger partial charge on any atom is 0.344 e. The Morgan fingerprint density at radius 2 is 1.78 bits per heavy atom. The number of hydrogen-bond acceptors (Lipinski definition) is 4. The molecule has 0 aliphatic rings. The van der Waals surface area contributed by atoms with Crippen LogP contribution in [0.4, 0.5) is 10.1 Å². The molecule has 1 unspecified atom stereocenters. The first-order valence-electron chi connectivity index (χ1n) is 11.2. The molecule has 0 radical (unpaired) electrons. The lowest BCUT2D eigenvalue weighted by Gasteiger charge is -2.27. The quantitative estimate of drug-likeness (QED) is 0.293. The van der Waals surface area contributed by atoms with Gasteiger partial charge in [0.1, 0.15) is 9.92 Å². The molecular formula is C26H26Cl2FNO5S. The zero-order valence-electron chi connectivity index (χ0n) is 20.0. The average Bonchev–Trinajstić information content (AvgIpc) is 2.83. The highest BCUT2D eigenvalue weighted by atomic mass is 35.5. The fraction of sp³-hybridized carbons (Fsp3) is 0.269. The molecule has 0 amide bonds. The third-order valence-corrected chi connectivity index (χ3v) is 8.26. The highest BCUT2D eigenvalue weighted by Gasteiger charge is 2.31. The van der Waals surface area contributed by atoms with Gasteiger partial charge in [-0.3, -0.25) is 4.31 Å². The molecule has 0 saturated heterocycles. The van der Waals surface area contributed by atoms with Crippen LogP contribution in [0, 0.1) is 12.7 Å². The number of sulfonamides is 1. The molecule has 0 aromatic heterocycles. The molecule has 0 aliphatic heterocycles. The summed E-state index contributed by atoms with van der Waals surface area (Å²) in [6, 6.07) is 14.7. The van der Waals surface area contributed by atoms with Crippen LogP contribution in [0.25, 0.3) is 11.1 Å². The minimum atomic E-state index is -4.30. The maximum atomic E-state index is 15.0. The van der Waals surface area contributed by atoms with Gasteiger partial charge in [-0.15, -0.1) is 0 Å². The summed E-state index contributed by atoms with van der Waals surface area (Å²) in [7, 11) is -4.30. The van der Waals surface area contributed by atoms with Gasteiger partial charge in [0.15, 0.2) is 17.7 Å². The molecule has 1 atom stereocenters. The van der Waals surface area contributed by atoms with Crippen molar-refractivity contribution in [3.05, 3.63) is 76.0 Å². The minimum absolute atomic E-state index is 0.149. The Kier molecular flexibility index (Phi) is 8.87. The number of hydrogen-bond donors (Lipinski definition) is 1. The lowest BCUT2D eigenvalue weighted by molar-refractivity contribution is -0.144. The summed E-state index contributed by atoms with van der Waals surface area (Å²) >= 11 is 12.2. The molecule has 0 aliphatic carbocycles. The molecule has 6 nitrogen and oxygen atoms in total. The van der Waals surface area contributed by atoms with E-state index in [9.17, 15) is 17.6 Å². The molecule has 0 saturated carbocycles. The van der Waals surface area contributed by atoms with Crippen molar-refractivity contribution in [1.29, 1.82) is 0 Å². The predicted molar refractivity (Wildman–Crippen MR) is 140 cm³/mol. The predicted octanol–water partition coefficient (Wildman–Crippen LogP) is 6.96. The standard InChI is InChI=1S/C26H26Cl2FNO5S/c1-4-5-15-30(21-8-6-7-20(16(21)2)18-9-11-19(27)12-10-18)36(33,34)23-14-13-22(25(29)24(23)28)35-17(3)26(31)32/h6-14,17H,4-5,15H2,1-3H3,(H,31,32). The summed E-state index contributed by atoms with van der Waals surface area (Å²) in [6.07, 6.45) is -0.0668. The second-order valence-electron chi connectivity index (χ2n) is 8.18. The highest BCUT2D eigenvalue weighted by Crippen LogP contribution is 2.38. The summed E-state index contributed by atoms with van der Waals surface area (Å²) in [5, 5.41) is 8.94. The fourth-order valence-electron chi connectivity index (χ4n) is 3.67. The third kappa shape index (κ3) is 5.77. The molecule has 0 fully saturated rings. The normalized spacial score (nSPS) is 12.3. The van der Waals surface area contributed by atoms with Gasteiger partial charge in [-0.2, -0.15) is 0 Å². The van der Waals surface area contributed by atoms with E-state index in [1.165, 1.54) is 11.2 Å². The van der Waals surface area contributed by atoms with Gasteiger partial charge in [-0.1, -0.05) is 60.8 Å². The Hall–Kier alpha value is -2.81. The molecular weight excluding hydrogens is 528 g/mol. The first-order valence-corrected chi connectivity index (χ1v) is 13.4. The van der Waals surface area contributed by atoms with E-state index < -0.39 is 43.6 Å². The van der Waals surface area contributed by atoms with Crippen LogP contribution in [-0.2, 0) is 14.8 Å². The van der Waals surface area contributed by atoms with Crippen LogP contribution in [0.5, 0.6) is 5.75 Å². The lowest BCUT2D eigenvalue weighted by atomic mass is 9.99. The fourth-order valence-corrected chi connectivity index (χ4v) is 5.87. The molecule has 3 rings (SSSR count). The molecule has 36 heavy (non-hydrogen) atoms. The average molecular weight is 554 g/mol. The highest BCUT2D eigenvalue weighted by molar-refractivity contribution is 7.93. The summed E-state index contributed by atoms with van der Waals surface area (Å²) < 4.78 is 48.9. The number of ether oxygens (including phenoxy) is 1.